The zero-order valence-corrected chi connectivity index (χ0v) is 20.0. The van der Waals surface area contributed by atoms with E-state index in [2.05, 4.69) is 133 Å². The summed E-state index contributed by atoms with van der Waals surface area (Å²) in [5, 5.41) is 5.09. The van der Waals surface area contributed by atoms with Crippen molar-refractivity contribution in [2.75, 3.05) is 0 Å². The third-order valence-corrected chi connectivity index (χ3v) is 7.21. The third-order valence-electron chi connectivity index (χ3n) is 7.21. The molecule has 2 heteroatoms. The van der Waals surface area contributed by atoms with E-state index in [9.17, 15) is 0 Å². The van der Waals surface area contributed by atoms with Crippen LogP contribution >= 0.6 is 0 Å². The number of rotatable bonds is 3. The maximum atomic E-state index is 4.89. The lowest BCUT2D eigenvalue weighted by Crippen LogP contribution is -1.93. The van der Waals surface area contributed by atoms with Gasteiger partial charge in [0.25, 0.3) is 0 Å². The van der Waals surface area contributed by atoms with Crippen molar-refractivity contribution in [2.24, 2.45) is 7.05 Å². The van der Waals surface area contributed by atoms with E-state index in [1.54, 1.807) is 0 Å². The Kier molecular flexibility index (Phi) is 4.71. The van der Waals surface area contributed by atoms with Crippen LogP contribution in [0.3, 0.4) is 0 Å². The fourth-order valence-corrected chi connectivity index (χ4v) is 5.54. The van der Waals surface area contributed by atoms with E-state index >= 15 is 0 Å². The van der Waals surface area contributed by atoms with Crippen molar-refractivity contribution in [1.29, 1.82) is 0 Å². The highest BCUT2D eigenvalue weighted by molar-refractivity contribution is 6.21. The quantitative estimate of drug-likeness (QED) is 0.241. The van der Waals surface area contributed by atoms with Crippen LogP contribution in [0.4, 0.5) is 0 Å². The van der Waals surface area contributed by atoms with Gasteiger partial charge in [0.05, 0.1) is 11.0 Å². The lowest BCUT2D eigenvalue weighted by Gasteiger charge is -2.17. The fraction of sp³-hybridized carbons (Fsp3) is 0.0294. The van der Waals surface area contributed by atoms with Crippen molar-refractivity contribution in [3.63, 3.8) is 0 Å². The number of aryl methyl sites for hydroxylation is 1. The minimum atomic E-state index is 0.983. The molecule has 0 saturated heterocycles. The molecule has 7 aromatic rings. The molecule has 1 heterocycles. The zero-order valence-electron chi connectivity index (χ0n) is 20.0. The Labute approximate surface area is 210 Å². The number of hydrogen-bond donors (Lipinski definition) is 0. The average Bonchev–Trinajstić information content (AvgIpc) is 3.28. The maximum absolute atomic E-state index is 4.89. The van der Waals surface area contributed by atoms with Gasteiger partial charge in [-0.3, -0.25) is 0 Å². The van der Waals surface area contributed by atoms with Gasteiger partial charge in [0.1, 0.15) is 5.82 Å². The van der Waals surface area contributed by atoms with Crippen LogP contribution in [0.2, 0.25) is 0 Å². The molecule has 0 radical (unpaired) electrons. The molecule has 170 valence electrons. The van der Waals surface area contributed by atoms with Crippen LogP contribution in [0.25, 0.3) is 66.2 Å². The first-order chi connectivity index (χ1) is 17.8. The molecule has 0 aliphatic carbocycles. The fourth-order valence-electron chi connectivity index (χ4n) is 5.54. The SMILES string of the molecule is Cn1c(-c2ccc(-c3c4ccccc4c(-c4ccccc4)c4ccccc34)cc2)nc2ccccc21. The number of benzene rings is 6. The van der Waals surface area contributed by atoms with Gasteiger partial charge in [-0.15, -0.1) is 0 Å². The van der Waals surface area contributed by atoms with Crippen LogP contribution in [0.1, 0.15) is 0 Å². The largest absolute Gasteiger partial charge is 0.327 e. The van der Waals surface area contributed by atoms with Crippen molar-refractivity contribution in [2.45, 2.75) is 0 Å². The van der Waals surface area contributed by atoms with Crippen molar-refractivity contribution >= 4 is 32.6 Å². The number of hydrogen-bond acceptors (Lipinski definition) is 1. The van der Waals surface area contributed by atoms with Gasteiger partial charge in [0.2, 0.25) is 0 Å². The van der Waals surface area contributed by atoms with Crippen LogP contribution in [0.15, 0.2) is 127 Å². The highest BCUT2D eigenvalue weighted by atomic mass is 15.1. The van der Waals surface area contributed by atoms with E-state index in [4.69, 9.17) is 4.98 Å². The summed E-state index contributed by atoms with van der Waals surface area (Å²) in [5.41, 5.74) is 8.31. The van der Waals surface area contributed by atoms with E-state index in [1.165, 1.54) is 43.8 Å². The molecule has 6 aromatic carbocycles. The number of para-hydroxylation sites is 2. The molecule has 0 unspecified atom stereocenters. The molecule has 0 N–H and O–H groups in total. The highest BCUT2D eigenvalue weighted by Crippen LogP contribution is 2.43. The highest BCUT2D eigenvalue weighted by Gasteiger charge is 2.16. The third kappa shape index (κ3) is 3.15. The Morgan fingerprint density at radius 1 is 0.444 bits per heavy atom. The topological polar surface area (TPSA) is 17.8 Å². The van der Waals surface area contributed by atoms with Gasteiger partial charge in [0, 0.05) is 12.6 Å². The summed E-state index contributed by atoms with van der Waals surface area (Å²) in [7, 11) is 2.09. The molecule has 0 saturated carbocycles. The summed E-state index contributed by atoms with van der Waals surface area (Å²) in [6, 6.07) is 45.5. The molecule has 7 rings (SSSR count). The molecule has 0 fully saturated rings. The van der Waals surface area contributed by atoms with E-state index in [-0.39, 0.29) is 0 Å². The average molecular weight is 461 g/mol. The molecule has 0 spiro atoms. The molecule has 0 atom stereocenters. The second kappa shape index (κ2) is 8.21. The van der Waals surface area contributed by atoms with Gasteiger partial charge in [-0.05, 0) is 55.9 Å². The van der Waals surface area contributed by atoms with Crippen molar-refractivity contribution in [3.8, 4) is 33.6 Å². The first kappa shape index (κ1) is 20.7. The molecule has 0 aliphatic heterocycles. The minimum absolute atomic E-state index is 0.983. The molecule has 1 aromatic heterocycles. The van der Waals surface area contributed by atoms with Gasteiger partial charge >= 0.3 is 0 Å². The van der Waals surface area contributed by atoms with Gasteiger partial charge < -0.3 is 4.57 Å². The smallest absolute Gasteiger partial charge is 0.140 e. The summed E-state index contributed by atoms with van der Waals surface area (Å²) in [5.74, 6) is 0.983. The lowest BCUT2D eigenvalue weighted by atomic mass is 9.86. The van der Waals surface area contributed by atoms with Crippen LogP contribution in [-0.4, -0.2) is 9.55 Å². The zero-order chi connectivity index (χ0) is 24.1. The molecule has 0 aliphatic rings. The first-order valence-electron chi connectivity index (χ1n) is 12.3. The van der Waals surface area contributed by atoms with E-state index in [1.807, 2.05) is 6.07 Å². The molecular weight excluding hydrogens is 436 g/mol. The first-order valence-corrected chi connectivity index (χ1v) is 12.3. The minimum Gasteiger partial charge on any atom is -0.327 e. The van der Waals surface area contributed by atoms with Crippen LogP contribution in [-0.2, 0) is 7.05 Å². The predicted octanol–water partition coefficient (Wildman–Crippen LogP) is 8.88. The molecule has 36 heavy (non-hydrogen) atoms. The Bertz CT molecular complexity index is 1820. The van der Waals surface area contributed by atoms with Gasteiger partial charge in [-0.2, -0.15) is 0 Å². The molecule has 2 nitrogen and oxygen atoms in total. The van der Waals surface area contributed by atoms with Crippen LogP contribution in [0.5, 0.6) is 0 Å². The standard InChI is InChI=1S/C34H24N2/c1-36-31-18-10-9-17-30(31)35-34(36)25-21-19-24(20-22-25)33-28-15-7-5-13-26(28)32(23-11-3-2-4-12-23)27-14-6-8-16-29(27)33/h2-22H,1H3. The molecule has 0 amide bonds. The number of nitrogens with zero attached hydrogens (tertiary/aromatic N) is 2. The Morgan fingerprint density at radius 2 is 0.889 bits per heavy atom. The number of fused-ring (bicyclic) bond motifs is 3. The summed E-state index contributed by atoms with van der Waals surface area (Å²) in [6.07, 6.45) is 0. The number of imidazole rings is 1. The van der Waals surface area contributed by atoms with Gasteiger partial charge in [-0.1, -0.05) is 115 Å². The second-order valence-corrected chi connectivity index (χ2v) is 9.27. The van der Waals surface area contributed by atoms with Crippen molar-refractivity contribution < 1.29 is 0 Å². The van der Waals surface area contributed by atoms with E-state index < -0.39 is 0 Å². The maximum Gasteiger partial charge on any atom is 0.140 e. The summed E-state index contributed by atoms with van der Waals surface area (Å²) in [6.45, 7) is 0. The lowest BCUT2D eigenvalue weighted by molar-refractivity contribution is 0.959. The summed E-state index contributed by atoms with van der Waals surface area (Å²) in [4.78, 5) is 4.89. The Balaban J connectivity index is 1.46. The summed E-state index contributed by atoms with van der Waals surface area (Å²) < 4.78 is 2.17. The molecular formula is C34H24N2. The predicted molar refractivity (Wildman–Crippen MR) is 152 cm³/mol. The van der Waals surface area contributed by atoms with E-state index in [0.717, 1.165) is 22.4 Å². The number of aromatic nitrogens is 2. The second-order valence-electron chi connectivity index (χ2n) is 9.27. The van der Waals surface area contributed by atoms with Gasteiger partial charge in [-0.25, -0.2) is 4.98 Å². The Hall–Kier alpha value is -4.69. The van der Waals surface area contributed by atoms with Crippen molar-refractivity contribution in [3.05, 3.63) is 127 Å². The molecule has 0 bridgehead atoms. The van der Waals surface area contributed by atoms with E-state index in [0.29, 0.717) is 0 Å². The van der Waals surface area contributed by atoms with Crippen LogP contribution < -0.4 is 0 Å². The van der Waals surface area contributed by atoms with Crippen LogP contribution in [0, 0.1) is 0 Å². The normalized spacial score (nSPS) is 11.5. The Morgan fingerprint density at radius 3 is 1.44 bits per heavy atom. The van der Waals surface area contributed by atoms with Gasteiger partial charge in [0.15, 0.2) is 0 Å². The summed E-state index contributed by atoms with van der Waals surface area (Å²) >= 11 is 0. The van der Waals surface area contributed by atoms with Crippen molar-refractivity contribution in [1.82, 2.24) is 9.55 Å². The monoisotopic (exact) mass is 460 g/mol.